The molecule has 0 unspecified atom stereocenters. The minimum absolute atomic E-state index is 0.650. The molecule has 3 heteroatoms. The number of nitrogens with one attached hydrogen (secondary N) is 2. The summed E-state index contributed by atoms with van der Waals surface area (Å²) >= 11 is 0. The molecule has 0 bridgehead atoms. The van der Waals surface area contributed by atoms with Gasteiger partial charge in [0.15, 0.2) is 0 Å². The summed E-state index contributed by atoms with van der Waals surface area (Å²) in [5, 5.41) is 7.19. The van der Waals surface area contributed by atoms with Gasteiger partial charge in [-0.1, -0.05) is 30.3 Å². The second-order valence-corrected chi connectivity index (χ2v) is 4.80. The zero-order chi connectivity index (χ0) is 10.8. The summed E-state index contributed by atoms with van der Waals surface area (Å²) in [7, 11) is 0. The fourth-order valence-electron chi connectivity index (χ4n) is 2.78. The lowest BCUT2D eigenvalue weighted by atomic mass is 10.1. The number of hydrogen-bond donors (Lipinski definition) is 2. The highest BCUT2D eigenvalue weighted by atomic mass is 15.3. The minimum atomic E-state index is 0.650. The zero-order valence-electron chi connectivity index (χ0n) is 9.52. The summed E-state index contributed by atoms with van der Waals surface area (Å²) in [6.07, 6.45) is 0. The molecule has 2 aliphatic heterocycles. The number of nitrogens with zero attached hydrogens (tertiary/aromatic N) is 1. The molecule has 3 nitrogen and oxygen atoms in total. The monoisotopic (exact) mass is 217 g/mol. The van der Waals surface area contributed by atoms with Crippen molar-refractivity contribution >= 4 is 0 Å². The van der Waals surface area contributed by atoms with Crippen LogP contribution < -0.4 is 10.6 Å². The Kier molecular flexibility index (Phi) is 2.91. The molecule has 0 saturated carbocycles. The first-order valence-corrected chi connectivity index (χ1v) is 6.15. The van der Waals surface area contributed by atoms with Crippen LogP contribution in [0.5, 0.6) is 0 Å². The average molecular weight is 217 g/mol. The smallest absolute Gasteiger partial charge is 0.0362 e. The van der Waals surface area contributed by atoms with Crippen LogP contribution in [0, 0.1) is 0 Å². The number of fused-ring (bicyclic) bond motifs is 1. The third-order valence-electron chi connectivity index (χ3n) is 3.58. The van der Waals surface area contributed by atoms with Gasteiger partial charge < -0.3 is 10.6 Å². The van der Waals surface area contributed by atoms with Crippen molar-refractivity contribution in [3.63, 3.8) is 0 Å². The SMILES string of the molecule is c1ccc(CN2C[C@@H]3NCCN[C@H]3C2)cc1. The molecule has 2 saturated heterocycles. The van der Waals surface area contributed by atoms with Crippen LogP contribution in [0.15, 0.2) is 30.3 Å². The van der Waals surface area contributed by atoms with Crippen LogP contribution in [-0.2, 0) is 6.54 Å². The third kappa shape index (κ3) is 2.12. The van der Waals surface area contributed by atoms with Crippen LogP contribution in [0.1, 0.15) is 5.56 Å². The lowest BCUT2D eigenvalue weighted by molar-refractivity contribution is 0.320. The molecule has 1 aromatic carbocycles. The van der Waals surface area contributed by atoms with Gasteiger partial charge in [-0.25, -0.2) is 0 Å². The second-order valence-electron chi connectivity index (χ2n) is 4.80. The van der Waals surface area contributed by atoms with E-state index < -0.39 is 0 Å². The Bertz CT molecular complexity index is 324. The molecule has 1 aromatic rings. The number of rotatable bonds is 2. The second kappa shape index (κ2) is 4.53. The standard InChI is InChI=1S/C13H19N3/c1-2-4-11(5-3-1)8-16-9-12-13(10-16)15-7-6-14-12/h1-5,12-15H,6-10H2/t12-,13-/m0/s1. The molecule has 0 amide bonds. The van der Waals surface area contributed by atoms with Crippen molar-refractivity contribution in [2.75, 3.05) is 26.2 Å². The minimum Gasteiger partial charge on any atom is -0.310 e. The van der Waals surface area contributed by atoms with Gasteiger partial charge in [0, 0.05) is 44.8 Å². The highest BCUT2D eigenvalue weighted by Crippen LogP contribution is 2.15. The Balaban J connectivity index is 1.61. The number of piperazine rings is 1. The van der Waals surface area contributed by atoms with Crippen molar-refractivity contribution in [1.82, 2.24) is 15.5 Å². The first kappa shape index (κ1) is 10.3. The van der Waals surface area contributed by atoms with Gasteiger partial charge in [-0.15, -0.1) is 0 Å². The highest BCUT2D eigenvalue weighted by molar-refractivity contribution is 5.15. The van der Waals surface area contributed by atoms with Crippen LogP contribution >= 0.6 is 0 Å². The molecule has 3 rings (SSSR count). The predicted octanol–water partition coefficient (Wildman–Crippen LogP) is 0.432. The number of benzene rings is 1. The lowest BCUT2D eigenvalue weighted by Crippen LogP contribution is -2.55. The predicted molar refractivity (Wildman–Crippen MR) is 65.3 cm³/mol. The summed E-state index contributed by atoms with van der Waals surface area (Å²) in [6, 6.07) is 12.0. The lowest BCUT2D eigenvalue weighted by Gasteiger charge is -2.26. The third-order valence-corrected chi connectivity index (χ3v) is 3.58. The molecule has 0 aliphatic carbocycles. The van der Waals surface area contributed by atoms with Crippen LogP contribution in [0.25, 0.3) is 0 Å². The van der Waals surface area contributed by atoms with E-state index in [1.54, 1.807) is 0 Å². The maximum absolute atomic E-state index is 3.59. The van der Waals surface area contributed by atoms with Crippen molar-refractivity contribution in [1.29, 1.82) is 0 Å². The normalized spacial score (nSPS) is 30.2. The Hall–Kier alpha value is -0.900. The topological polar surface area (TPSA) is 27.3 Å². The molecule has 2 fully saturated rings. The maximum atomic E-state index is 3.59. The molecule has 0 radical (unpaired) electrons. The summed E-state index contributed by atoms with van der Waals surface area (Å²) in [4.78, 5) is 2.54. The van der Waals surface area contributed by atoms with Crippen LogP contribution in [0.2, 0.25) is 0 Å². The zero-order valence-corrected chi connectivity index (χ0v) is 9.52. The van der Waals surface area contributed by atoms with Crippen LogP contribution in [0.3, 0.4) is 0 Å². The van der Waals surface area contributed by atoms with E-state index in [-0.39, 0.29) is 0 Å². The fraction of sp³-hybridized carbons (Fsp3) is 0.538. The van der Waals surface area contributed by atoms with E-state index in [4.69, 9.17) is 0 Å². The Morgan fingerprint density at radius 2 is 1.62 bits per heavy atom. The molecule has 0 spiro atoms. The average Bonchev–Trinajstić information content (AvgIpc) is 2.72. The summed E-state index contributed by atoms with van der Waals surface area (Å²) in [5.41, 5.74) is 1.42. The van der Waals surface area contributed by atoms with Gasteiger partial charge in [0.05, 0.1) is 0 Å². The maximum Gasteiger partial charge on any atom is 0.0362 e. The van der Waals surface area contributed by atoms with Crippen molar-refractivity contribution in [2.45, 2.75) is 18.6 Å². The van der Waals surface area contributed by atoms with Gasteiger partial charge in [0.25, 0.3) is 0 Å². The number of likely N-dealkylation sites (tertiary alicyclic amines) is 1. The summed E-state index contributed by atoms with van der Waals surface area (Å²) < 4.78 is 0. The Morgan fingerprint density at radius 1 is 1.00 bits per heavy atom. The van der Waals surface area contributed by atoms with Crippen molar-refractivity contribution in [3.05, 3.63) is 35.9 Å². The van der Waals surface area contributed by atoms with E-state index in [2.05, 4.69) is 45.9 Å². The van der Waals surface area contributed by atoms with Gasteiger partial charge in [0.2, 0.25) is 0 Å². The van der Waals surface area contributed by atoms with Crippen LogP contribution in [-0.4, -0.2) is 43.2 Å². The quantitative estimate of drug-likeness (QED) is 0.752. The summed E-state index contributed by atoms with van der Waals surface area (Å²) in [6.45, 7) is 5.65. The molecule has 2 heterocycles. The first-order chi connectivity index (χ1) is 7.92. The molecule has 16 heavy (non-hydrogen) atoms. The van der Waals surface area contributed by atoms with Crippen molar-refractivity contribution in [3.8, 4) is 0 Å². The van der Waals surface area contributed by atoms with E-state index in [0.717, 1.165) is 19.6 Å². The van der Waals surface area contributed by atoms with E-state index in [1.807, 2.05) is 0 Å². The Labute approximate surface area is 96.8 Å². The molecular formula is C13H19N3. The molecule has 86 valence electrons. The van der Waals surface area contributed by atoms with E-state index >= 15 is 0 Å². The molecule has 2 aliphatic rings. The fourth-order valence-corrected chi connectivity index (χ4v) is 2.78. The molecule has 2 N–H and O–H groups in total. The molecular weight excluding hydrogens is 198 g/mol. The highest BCUT2D eigenvalue weighted by Gasteiger charge is 2.33. The largest absolute Gasteiger partial charge is 0.310 e. The number of hydrogen-bond acceptors (Lipinski definition) is 3. The first-order valence-electron chi connectivity index (χ1n) is 6.15. The van der Waals surface area contributed by atoms with Gasteiger partial charge >= 0.3 is 0 Å². The van der Waals surface area contributed by atoms with Crippen LogP contribution in [0.4, 0.5) is 0 Å². The van der Waals surface area contributed by atoms with Gasteiger partial charge in [-0.2, -0.15) is 0 Å². The van der Waals surface area contributed by atoms with E-state index in [0.29, 0.717) is 12.1 Å². The molecule has 2 atom stereocenters. The Morgan fingerprint density at radius 3 is 2.25 bits per heavy atom. The van der Waals surface area contributed by atoms with Gasteiger partial charge in [-0.3, -0.25) is 4.90 Å². The van der Waals surface area contributed by atoms with Gasteiger partial charge in [-0.05, 0) is 5.56 Å². The van der Waals surface area contributed by atoms with Crippen molar-refractivity contribution < 1.29 is 0 Å². The van der Waals surface area contributed by atoms with E-state index in [1.165, 1.54) is 18.7 Å². The van der Waals surface area contributed by atoms with E-state index in [9.17, 15) is 0 Å². The molecule has 0 aromatic heterocycles. The summed E-state index contributed by atoms with van der Waals surface area (Å²) in [5.74, 6) is 0. The van der Waals surface area contributed by atoms with Gasteiger partial charge in [0.1, 0.15) is 0 Å². The van der Waals surface area contributed by atoms with Crippen molar-refractivity contribution in [2.24, 2.45) is 0 Å².